The van der Waals surface area contributed by atoms with Crippen LogP contribution in [0.3, 0.4) is 0 Å². The Morgan fingerprint density at radius 3 is 2.67 bits per heavy atom. The molecule has 0 aromatic heterocycles. The fraction of sp³-hybridized carbons (Fsp3) is 0.500. The van der Waals surface area contributed by atoms with Crippen LogP contribution in [0.4, 0.5) is 0 Å². The molecule has 0 heterocycles. The van der Waals surface area contributed by atoms with Gasteiger partial charge in [0.15, 0.2) is 9.84 Å². The molecule has 0 amide bonds. The van der Waals surface area contributed by atoms with E-state index in [1.54, 1.807) is 18.2 Å². The Bertz CT molecular complexity index is 407. The van der Waals surface area contributed by atoms with Crippen molar-refractivity contribution in [2.75, 3.05) is 6.26 Å². The van der Waals surface area contributed by atoms with E-state index in [9.17, 15) is 8.42 Å². The van der Waals surface area contributed by atoms with Crippen LogP contribution in [-0.4, -0.2) is 14.7 Å². The third-order valence-electron chi connectivity index (χ3n) is 2.31. The predicted octanol–water partition coefficient (Wildman–Crippen LogP) is 2.62. The van der Waals surface area contributed by atoms with Crippen molar-refractivity contribution in [3.8, 4) is 0 Å². The quantitative estimate of drug-likeness (QED) is 0.722. The highest BCUT2D eigenvalue weighted by molar-refractivity contribution is 7.90. The van der Waals surface area contributed by atoms with E-state index in [2.05, 4.69) is 13.0 Å². The summed E-state index contributed by atoms with van der Waals surface area (Å²) in [6, 6.07) is 8.09. The second-order valence-corrected chi connectivity index (χ2v) is 5.79. The maximum atomic E-state index is 11.3. The first kappa shape index (κ1) is 12.2. The minimum Gasteiger partial charge on any atom is -0.224 e. The Morgan fingerprint density at radius 1 is 1.33 bits per heavy atom. The minimum absolute atomic E-state index is 0.396. The lowest BCUT2D eigenvalue weighted by atomic mass is 10.1. The molecule has 1 radical (unpaired) electrons. The Hall–Kier alpha value is -0.830. The molecule has 0 aliphatic rings. The number of unbranched alkanes of at least 4 members (excludes halogenated alkanes) is 2. The van der Waals surface area contributed by atoms with Gasteiger partial charge in [-0.2, -0.15) is 0 Å². The molecular weight excluding hydrogens is 208 g/mol. The van der Waals surface area contributed by atoms with Gasteiger partial charge >= 0.3 is 0 Å². The van der Waals surface area contributed by atoms with Gasteiger partial charge in [-0.3, -0.25) is 0 Å². The zero-order chi connectivity index (χ0) is 11.3. The Kier molecular flexibility index (Phi) is 4.33. The largest absolute Gasteiger partial charge is 0.224 e. The van der Waals surface area contributed by atoms with Gasteiger partial charge in [0.05, 0.1) is 4.90 Å². The van der Waals surface area contributed by atoms with Crippen LogP contribution in [0.1, 0.15) is 31.7 Å². The van der Waals surface area contributed by atoms with Gasteiger partial charge in [0.1, 0.15) is 0 Å². The molecule has 0 spiro atoms. The van der Waals surface area contributed by atoms with E-state index in [1.165, 1.54) is 19.1 Å². The zero-order valence-electron chi connectivity index (χ0n) is 9.29. The second-order valence-electron chi connectivity index (χ2n) is 3.78. The van der Waals surface area contributed by atoms with Crippen molar-refractivity contribution in [2.45, 2.75) is 37.5 Å². The summed E-state index contributed by atoms with van der Waals surface area (Å²) in [4.78, 5) is 0.396. The van der Waals surface area contributed by atoms with Gasteiger partial charge in [-0.25, -0.2) is 8.42 Å². The van der Waals surface area contributed by atoms with Crippen LogP contribution in [0.2, 0.25) is 0 Å². The molecule has 15 heavy (non-hydrogen) atoms. The molecule has 0 aliphatic heterocycles. The molecule has 1 rings (SSSR count). The Balaban J connectivity index is 2.75. The molecule has 1 aromatic carbocycles. The SMILES string of the molecule is CCCCCc1[c]ccc(S(C)(=O)=O)c1. The smallest absolute Gasteiger partial charge is 0.175 e. The molecule has 3 heteroatoms. The lowest BCUT2D eigenvalue weighted by Crippen LogP contribution is -1.98. The predicted molar refractivity (Wildman–Crippen MR) is 61.6 cm³/mol. The highest BCUT2D eigenvalue weighted by Crippen LogP contribution is 2.13. The first-order chi connectivity index (χ1) is 7.04. The summed E-state index contributed by atoms with van der Waals surface area (Å²) >= 11 is 0. The van der Waals surface area contributed by atoms with Gasteiger partial charge in [0.2, 0.25) is 0 Å². The van der Waals surface area contributed by atoms with Gasteiger partial charge in [-0.15, -0.1) is 0 Å². The van der Waals surface area contributed by atoms with Gasteiger partial charge in [0, 0.05) is 6.26 Å². The normalized spacial score (nSPS) is 11.6. The monoisotopic (exact) mass is 225 g/mol. The lowest BCUT2D eigenvalue weighted by molar-refractivity contribution is 0.601. The van der Waals surface area contributed by atoms with Crippen molar-refractivity contribution >= 4 is 9.84 Å². The molecule has 0 N–H and O–H groups in total. The van der Waals surface area contributed by atoms with Crippen molar-refractivity contribution < 1.29 is 8.42 Å². The van der Waals surface area contributed by atoms with Gasteiger partial charge < -0.3 is 0 Å². The molecule has 2 nitrogen and oxygen atoms in total. The summed E-state index contributed by atoms with van der Waals surface area (Å²) in [7, 11) is -3.08. The Morgan fingerprint density at radius 2 is 2.07 bits per heavy atom. The van der Waals surface area contributed by atoms with Gasteiger partial charge in [-0.1, -0.05) is 25.8 Å². The van der Waals surface area contributed by atoms with E-state index in [0.717, 1.165) is 18.4 Å². The molecule has 1 aromatic rings. The van der Waals surface area contributed by atoms with Crippen LogP contribution >= 0.6 is 0 Å². The van der Waals surface area contributed by atoms with Crippen molar-refractivity contribution in [3.05, 3.63) is 29.8 Å². The summed E-state index contributed by atoms with van der Waals surface area (Å²) in [6.45, 7) is 2.15. The molecule has 83 valence electrons. The van der Waals surface area contributed by atoms with E-state index in [4.69, 9.17) is 0 Å². The average molecular weight is 225 g/mol. The topological polar surface area (TPSA) is 34.1 Å². The minimum atomic E-state index is -3.08. The summed E-state index contributed by atoms with van der Waals surface area (Å²) in [5.41, 5.74) is 0.992. The number of benzene rings is 1. The molecule has 0 bridgehead atoms. The van der Waals surface area contributed by atoms with Crippen LogP contribution < -0.4 is 0 Å². The molecule has 0 atom stereocenters. The first-order valence-electron chi connectivity index (χ1n) is 5.24. The number of sulfone groups is 1. The number of hydrogen-bond donors (Lipinski definition) is 0. The maximum absolute atomic E-state index is 11.3. The van der Waals surface area contributed by atoms with E-state index >= 15 is 0 Å². The van der Waals surface area contributed by atoms with Crippen LogP contribution in [0.25, 0.3) is 0 Å². The summed E-state index contributed by atoms with van der Waals surface area (Å²) in [5, 5.41) is 0. The molecule has 0 saturated heterocycles. The highest BCUT2D eigenvalue weighted by Gasteiger charge is 2.06. The number of hydrogen-bond acceptors (Lipinski definition) is 2. The van der Waals surface area contributed by atoms with E-state index in [0.29, 0.717) is 4.90 Å². The zero-order valence-corrected chi connectivity index (χ0v) is 10.1. The van der Waals surface area contributed by atoms with Gasteiger partial charge in [-0.05, 0) is 36.6 Å². The van der Waals surface area contributed by atoms with Crippen molar-refractivity contribution in [1.82, 2.24) is 0 Å². The van der Waals surface area contributed by atoms with Crippen LogP contribution in [0.5, 0.6) is 0 Å². The second kappa shape index (κ2) is 5.31. The lowest BCUT2D eigenvalue weighted by Gasteiger charge is -2.02. The number of aryl methyl sites for hydroxylation is 1. The fourth-order valence-electron chi connectivity index (χ4n) is 1.43. The summed E-state index contributed by atoms with van der Waals surface area (Å²) in [5.74, 6) is 0. The first-order valence-corrected chi connectivity index (χ1v) is 7.14. The van der Waals surface area contributed by atoms with Crippen LogP contribution in [0.15, 0.2) is 23.1 Å². The summed E-state index contributed by atoms with van der Waals surface area (Å²) in [6.07, 6.45) is 5.60. The Labute approximate surface area is 92.2 Å². The third-order valence-corrected chi connectivity index (χ3v) is 3.42. The van der Waals surface area contributed by atoms with Crippen molar-refractivity contribution in [1.29, 1.82) is 0 Å². The van der Waals surface area contributed by atoms with E-state index in [1.807, 2.05) is 0 Å². The molecule has 0 fully saturated rings. The van der Waals surface area contributed by atoms with E-state index in [-0.39, 0.29) is 0 Å². The van der Waals surface area contributed by atoms with Crippen LogP contribution in [-0.2, 0) is 16.3 Å². The molecular formula is C12H17O2S. The molecule has 0 unspecified atom stereocenters. The van der Waals surface area contributed by atoms with Crippen molar-refractivity contribution in [2.24, 2.45) is 0 Å². The summed E-state index contributed by atoms with van der Waals surface area (Å²) < 4.78 is 22.6. The average Bonchev–Trinajstić information content (AvgIpc) is 2.17. The van der Waals surface area contributed by atoms with Gasteiger partial charge in [0.25, 0.3) is 0 Å². The molecule has 0 aliphatic carbocycles. The van der Waals surface area contributed by atoms with E-state index < -0.39 is 9.84 Å². The maximum Gasteiger partial charge on any atom is 0.175 e. The number of rotatable bonds is 5. The third kappa shape index (κ3) is 4.04. The van der Waals surface area contributed by atoms with Crippen LogP contribution in [0, 0.1) is 6.07 Å². The highest BCUT2D eigenvalue weighted by atomic mass is 32.2. The molecule has 0 saturated carbocycles. The fourth-order valence-corrected chi connectivity index (χ4v) is 2.10. The van der Waals surface area contributed by atoms with Crippen molar-refractivity contribution in [3.63, 3.8) is 0 Å². The standard InChI is InChI=1S/C12H17O2S/c1-3-4-5-7-11-8-6-9-12(10-11)15(2,13)14/h6,9-10H,3-5,7H2,1-2H3.